The first kappa shape index (κ1) is 19.0. The maximum Gasteiger partial charge on any atom is 0.284 e. The van der Waals surface area contributed by atoms with E-state index in [1.165, 1.54) is 6.33 Å². The van der Waals surface area contributed by atoms with Crippen molar-refractivity contribution in [1.29, 1.82) is 0 Å². The minimum absolute atomic E-state index is 0.140. The molecule has 0 unspecified atom stereocenters. The van der Waals surface area contributed by atoms with Gasteiger partial charge in [0.2, 0.25) is 5.82 Å². The smallest absolute Gasteiger partial charge is 0.284 e. The summed E-state index contributed by atoms with van der Waals surface area (Å²) in [5, 5.41) is 26.4. The second-order valence-electron chi connectivity index (χ2n) is 8.58. The number of carbonyl (C=O) groups excluding carboxylic acids is 1. The van der Waals surface area contributed by atoms with Crippen molar-refractivity contribution in [3.05, 3.63) is 40.5 Å². The van der Waals surface area contributed by atoms with E-state index in [1.807, 2.05) is 6.92 Å². The Bertz CT molecular complexity index is 982. The van der Waals surface area contributed by atoms with Crippen LogP contribution in [0.4, 0.5) is 17.5 Å². The van der Waals surface area contributed by atoms with E-state index >= 15 is 0 Å². The third-order valence-electron chi connectivity index (χ3n) is 6.48. The first-order valence-corrected chi connectivity index (χ1v) is 10.7. The van der Waals surface area contributed by atoms with E-state index in [0.29, 0.717) is 28.9 Å². The summed E-state index contributed by atoms with van der Waals surface area (Å²) in [6.07, 6.45) is 7.27. The highest BCUT2D eigenvalue weighted by atomic mass is 16.5. The zero-order chi connectivity index (χ0) is 20.7. The number of carbonyl (C=O) groups is 1. The largest absolute Gasteiger partial charge is 0.710 e. The van der Waals surface area contributed by atoms with Gasteiger partial charge in [0, 0.05) is 24.7 Å². The first-order valence-electron chi connectivity index (χ1n) is 10.7. The summed E-state index contributed by atoms with van der Waals surface area (Å²) < 4.78 is 0.891. The minimum atomic E-state index is -0.553. The number of pyridine rings is 1. The fourth-order valence-corrected chi connectivity index (χ4v) is 5.03. The molecule has 9 nitrogen and oxygen atoms in total. The lowest BCUT2D eigenvalue weighted by atomic mass is 9.79. The van der Waals surface area contributed by atoms with Crippen LogP contribution in [-0.2, 0) is 5.54 Å². The Morgan fingerprint density at radius 1 is 1.20 bits per heavy atom. The van der Waals surface area contributed by atoms with Crippen molar-refractivity contribution in [2.24, 2.45) is 0 Å². The molecule has 2 aromatic rings. The van der Waals surface area contributed by atoms with Gasteiger partial charge in [0.15, 0.2) is 0 Å². The monoisotopic (exact) mass is 409 g/mol. The van der Waals surface area contributed by atoms with E-state index in [0.717, 1.165) is 67.7 Å². The topological polar surface area (TPSA) is 118 Å². The summed E-state index contributed by atoms with van der Waals surface area (Å²) in [5.41, 5.74) is 1.32. The number of nitrogens with one attached hydrogen (secondary N) is 4. The van der Waals surface area contributed by atoms with Crippen LogP contribution in [0.2, 0.25) is 0 Å². The Labute approximate surface area is 175 Å². The van der Waals surface area contributed by atoms with Crippen molar-refractivity contribution in [2.75, 3.05) is 23.7 Å². The van der Waals surface area contributed by atoms with Gasteiger partial charge < -0.3 is 21.2 Å². The van der Waals surface area contributed by atoms with Gasteiger partial charge >= 0.3 is 0 Å². The van der Waals surface area contributed by atoms with E-state index in [9.17, 15) is 10.0 Å². The van der Waals surface area contributed by atoms with Crippen molar-refractivity contribution in [2.45, 2.75) is 57.0 Å². The Hall–Kier alpha value is -2.94. The van der Waals surface area contributed by atoms with Crippen LogP contribution in [-0.4, -0.2) is 35.0 Å². The molecule has 1 saturated carbocycles. The van der Waals surface area contributed by atoms with Crippen LogP contribution in [0.15, 0.2) is 18.5 Å². The van der Waals surface area contributed by atoms with Gasteiger partial charge in [0.05, 0.1) is 5.56 Å². The highest BCUT2D eigenvalue weighted by Crippen LogP contribution is 2.42. The van der Waals surface area contributed by atoms with E-state index in [4.69, 9.17) is 0 Å². The molecule has 1 saturated heterocycles. The number of nitrogens with zero attached hydrogens (tertiary/aromatic N) is 3. The molecule has 4 heterocycles. The minimum Gasteiger partial charge on any atom is -0.710 e. The zero-order valence-corrected chi connectivity index (χ0v) is 17.1. The lowest BCUT2D eigenvalue weighted by molar-refractivity contribution is -0.603. The molecule has 5 rings (SSSR count). The number of hydrogen-bond acceptors (Lipinski definition) is 7. The number of aromatic nitrogens is 3. The predicted molar refractivity (Wildman–Crippen MR) is 113 cm³/mol. The zero-order valence-electron chi connectivity index (χ0n) is 17.1. The van der Waals surface area contributed by atoms with E-state index in [1.54, 1.807) is 12.1 Å². The Morgan fingerprint density at radius 3 is 2.77 bits per heavy atom. The maximum atomic E-state index is 13.4. The van der Waals surface area contributed by atoms with Crippen molar-refractivity contribution < 1.29 is 9.52 Å². The summed E-state index contributed by atoms with van der Waals surface area (Å²) in [6, 6.07) is 3.87. The molecule has 2 fully saturated rings. The average Bonchev–Trinajstić information content (AvgIpc) is 3.33. The van der Waals surface area contributed by atoms with Gasteiger partial charge in [-0.1, -0.05) is 19.3 Å². The molecule has 9 heteroatoms. The molecule has 2 aromatic heterocycles. The lowest BCUT2D eigenvalue weighted by Gasteiger charge is -2.34. The van der Waals surface area contributed by atoms with Gasteiger partial charge in [-0.05, 0) is 38.3 Å². The quantitative estimate of drug-likeness (QED) is 0.449. The summed E-state index contributed by atoms with van der Waals surface area (Å²) in [5.74, 6) is 1.49. The maximum absolute atomic E-state index is 13.4. The number of amides is 1. The molecule has 30 heavy (non-hydrogen) atoms. The van der Waals surface area contributed by atoms with Crippen molar-refractivity contribution in [1.82, 2.24) is 20.6 Å². The van der Waals surface area contributed by atoms with Crippen LogP contribution in [0, 0.1) is 12.1 Å². The molecule has 2 aliphatic heterocycles. The molecule has 158 valence electrons. The third kappa shape index (κ3) is 3.23. The highest BCUT2D eigenvalue weighted by Gasteiger charge is 2.48. The Kier molecular flexibility index (Phi) is 4.69. The van der Waals surface area contributed by atoms with Crippen LogP contribution in [0.3, 0.4) is 0 Å². The molecule has 3 aliphatic rings. The van der Waals surface area contributed by atoms with Gasteiger partial charge in [-0.15, -0.1) is 0 Å². The van der Waals surface area contributed by atoms with Gasteiger partial charge in [-0.3, -0.25) is 4.79 Å². The highest BCUT2D eigenvalue weighted by molar-refractivity contribution is 6.00. The molecule has 0 aromatic carbocycles. The van der Waals surface area contributed by atoms with Crippen molar-refractivity contribution in [3.8, 4) is 0 Å². The van der Waals surface area contributed by atoms with Crippen LogP contribution in [0.5, 0.6) is 0 Å². The number of rotatable bonds is 4. The van der Waals surface area contributed by atoms with Gasteiger partial charge in [0.25, 0.3) is 11.7 Å². The van der Waals surface area contributed by atoms with Crippen LogP contribution in [0.25, 0.3) is 0 Å². The second-order valence-corrected chi connectivity index (χ2v) is 8.58. The number of hydrogen-bond donors (Lipinski definition) is 4. The molecule has 1 amide bonds. The standard InChI is InChI=1S/C21H27N7O2/c1-13-9-17(26-16-10-15(23-12-24-16)25-14-5-8-22-11-14)28(30)19-18(13)20(29)27-21(19)6-3-2-4-7-21/h9-10,12,14,22H,2-8,11H2,1H3,(H,27,29)(H2,23,24,25,26)/t14-/m0/s1. The molecule has 1 atom stereocenters. The van der Waals surface area contributed by atoms with E-state index in [2.05, 4.69) is 31.2 Å². The van der Waals surface area contributed by atoms with Gasteiger partial charge in [-0.2, -0.15) is 4.98 Å². The molecule has 0 bridgehead atoms. The third-order valence-corrected chi connectivity index (χ3v) is 6.48. The summed E-state index contributed by atoms with van der Waals surface area (Å²) >= 11 is 0. The van der Waals surface area contributed by atoms with Gasteiger partial charge in [0.1, 0.15) is 23.4 Å². The average molecular weight is 409 g/mol. The van der Waals surface area contributed by atoms with Crippen LogP contribution >= 0.6 is 0 Å². The fourth-order valence-electron chi connectivity index (χ4n) is 5.03. The summed E-state index contributed by atoms with van der Waals surface area (Å²) in [7, 11) is 0. The molecular formula is C21H27N7O2. The number of anilines is 3. The fraction of sp³-hybridized carbons (Fsp3) is 0.524. The van der Waals surface area contributed by atoms with Crippen molar-refractivity contribution in [3.63, 3.8) is 0 Å². The van der Waals surface area contributed by atoms with Crippen molar-refractivity contribution >= 4 is 23.4 Å². The SMILES string of the molecule is Cc1cc(Nc2cc(N[C@H]3CCNC3)ncn2)[n+]([O-])c2c1C(=O)NC21CCCCC1. The molecule has 1 aliphatic carbocycles. The van der Waals surface area contributed by atoms with Crippen LogP contribution in [0.1, 0.15) is 60.1 Å². The molecular weight excluding hydrogens is 382 g/mol. The van der Waals surface area contributed by atoms with E-state index in [-0.39, 0.29) is 5.91 Å². The van der Waals surface area contributed by atoms with Crippen LogP contribution < -0.4 is 26.0 Å². The normalized spacial score (nSPS) is 22.0. The number of fused-ring (bicyclic) bond motifs is 2. The second kappa shape index (κ2) is 7.39. The van der Waals surface area contributed by atoms with E-state index < -0.39 is 5.54 Å². The number of aryl methyl sites for hydroxylation is 1. The van der Waals surface area contributed by atoms with Gasteiger partial charge in [-0.25, -0.2) is 15.0 Å². The predicted octanol–water partition coefficient (Wildman–Crippen LogP) is 1.84. The summed E-state index contributed by atoms with van der Waals surface area (Å²) in [6.45, 7) is 3.78. The molecule has 1 spiro atoms. The lowest BCUT2D eigenvalue weighted by Crippen LogP contribution is -2.49. The first-order chi connectivity index (χ1) is 14.6. The molecule has 0 radical (unpaired) electrons. The Balaban J connectivity index is 1.47. The Morgan fingerprint density at radius 2 is 2.00 bits per heavy atom. The molecule has 4 N–H and O–H groups in total. The summed E-state index contributed by atoms with van der Waals surface area (Å²) in [4.78, 5) is 21.2.